The molecule has 1 rings (SSSR count). The zero-order valence-electron chi connectivity index (χ0n) is 10.7. The number of carbonyl (C=O) groups is 1. The summed E-state index contributed by atoms with van der Waals surface area (Å²) in [6.07, 6.45) is 0.660. The van der Waals surface area contributed by atoms with E-state index in [0.29, 0.717) is 19.4 Å². The van der Waals surface area contributed by atoms with Gasteiger partial charge in [0.2, 0.25) is 0 Å². The quantitative estimate of drug-likeness (QED) is 0.758. The number of alkyl halides is 1. The minimum absolute atomic E-state index is 0.121. The summed E-state index contributed by atoms with van der Waals surface area (Å²) in [5.41, 5.74) is 5.65. The maximum Gasteiger partial charge on any atom is 0.317 e. The fourth-order valence-electron chi connectivity index (χ4n) is 2.06. The van der Waals surface area contributed by atoms with Gasteiger partial charge in [0.1, 0.15) is 5.41 Å². The molecule has 0 fully saturated rings. The van der Waals surface area contributed by atoms with Crippen LogP contribution >= 0.6 is 0 Å². The maximum atomic E-state index is 12.4. The Morgan fingerprint density at radius 1 is 1.39 bits per heavy atom. The molecule has 18 heavy (non-hydrogen) atoms. The van der Waals surface area contributed by atoms with Crippen LogP contribution in [-0.2, 0) is 14.9 Å². The van der Waals surface area contributed by atoms with Crippen molar-refractivity contribution in [2.45, 2.75) is 25.2 Å². The van der Waals surface area contributed by atoms with Crippen molar-refractivity contribution in [3.8, 4) is 0 Å². The van der Waals surface area contributed by atoms with Crippen LogP contribution in [-0.4, -0.2) is 25.8 Å². The summed E-state index contributed by atoms with van der Waals surface area (Å²) in [5.74, 6) is -0.368. The van der Waals surface area contributed by atoms with Gasteiger partial charge in [0, 0.05) is 6.54 Å². The van der Waals surface area contributed by atoms with Gasteiger partial charge in [-0.2, -0.15) is 0 Å². The summed E-state index contributed by atoms with van der Waals surface area (Å²) in [4.78, 5) is 12.2. The number of nitrogens with two attached hydrogens (primary N) is 1. The van der Waals surface area contributed by atoms with Crippen molar-refractivity contribution in [1.29, 1.82) is 0 Å². The van der Waals surface area contributed by atoms with Gasteiger partial charge in [0.05, 0.1) is 13.3 Å². The number of ether oxygens (including phenoxy) is 1. The van der Waals surface area contributed by atoms with Crippen molar-refractivity contribution in [3.63, 3.8) is 0 Å². The second-order valence-electron chi connectivity index (χ2n) is 4.17. The molecule has 0 radical (unpaired) electrons. The second-order valence-corrected chi connectivity index (χ2v) is 4.17. The van der Waals surface area contributed by atoms with Gasteiger partial charge >= 0.3 is 5.97 Å². The Morgan fingerprint density at radius 2 is 2.06 bits per heavy atom. The maximum absolute atomic E-state index is 12.4. The van der Waals surface area contributed by atoms with Crippen molar-refractivity contribution in [1.82, 2.24) is 0 Å². The molecule has 0 aliphatic rings. The van der Waals surface area contributed by atoms with E-state index in [4.69, 9.17) is 10.5 Å². The lowest BCUT2D eigenvalue weighted by Crippen LogP contribution is -2.44. The van der Waals surface area contributed by atoms with Crippen LogP contribution in [0.1, 0.15) is 25.3 Å². The Hall–Kier alpha value is -1.42. The van der Waals surface area contributed by atoms with E-state index in [1.165, 1.54) is 0 Å². The summed E-state index contributed by atoms with van der Waals surface area (Å²) in [5, 5.41) is 0. The summed E-state index contributed by atoms with van der Waals surface area (Å²) in [7, 11) is 0. The number of rotatable bonds is 7. The van der Waals surface area contributed by atoms with E-state index in [2.05, 4.69) is 0 Å². The molecule has 0 spiro atoms. The molecule has 0 heterocycles. The normalized spacial score (nSPS) is 13.9. The molecule has 4 heteroatoms. The van der Waals surface area contributed by atoms with Crippen molar-refractivity contribution in [3.05, 3.63) is 35.9 Å². The van der Waals surface area contributed by atoms with E-state index < -0.39 is 12.1 Å². The molecular weight excluding hydrogens is 233 g/mol. The highest BCUT2D eigenvalue weighted by atomic mass is 19.1. The molecule has 0 aliphatic heterocycles. The van der Waals surface area contributed by atoms with Gasteiger partial charge in [-0.05, 0) is 25.3 Å². The lowest BCUT2D eigenvalue weighted by molar-refractivity contribution is -0.150. The molecule has 3 nitrogen and oxygen atoms in total. The largest absolute Gasteiger partial charge is 0.465 e. The Balaban J connectivity index is 3.09. The van der Waals surface area contributed by atoms with Crippen molar-refractivity contribution in [2.24, 2.45) is 5.73 Å². The van der Waals surface area contributed by atoms with Crippen LogP contribution in [0.25, 0.3) is 0 Å². The standard InChI is InChI=1S/C14H20FNO2/c1-2-18-13(17)14(11-16,9-6-10-15)12-7-4-3-5-8-12/h3-5,7-8H,2,6,9-11,16H2,1H3. The van der Waals surface area contributed by atoms with Crippen LogP contribution in [0.3, 0.4) is 0 Å². The van der Waals surface area contributed by atoms with Crippen molar-refractivity contribution >= 4 is 5.97 Å². The topological polar surface area (TPSA) is 52.3 Å². The molecule has 0 aliphatic carbocycles. The molecule has 0 saturated heterocycles. The predicted molar refractivity (Wildman–Crippen MR) is 69.0 cm³/mol. The number of halogens is 1. The average Bonchev–Trinajstić information content (AvgIpc) is 2.42. The first kappa shape index (κ1) is 14.6. The first-order valence-electron chi connectivity index (χ1n) is 6.20. The van der Waals surface area contributed by atoms with Gasteiger partial charge < -0.3 is 10.5 Å². The Kier molecular flexibility index (Phi) is 5.78. The first-order chi connectivity index (χ1) is 8.71. The molecule has 2 N–H and O–H groups in total. The molecule has 0 saturated carbocycles. The summed E-state index contributed by atoms with van der Waals surface area (Å²) < 4.78 is 17.5. The monoisotopic (exact) mass is 253 g/mol. The van der Waals surface area contributed by atoms with Crippen molar-refractivity contribution < 1.29 is 13.9 Å². The van der Waals surface area contributed by atoms with E-state index >= 15 is 0 Å². The van der Waals surface area contributed by atoms with Gasteiger partial charge in [-0.3, -0.25) is 9.18 Å². The zero-order chi connectivity index (χ0) is 13.4. The van der Waals surface area contributed by atoms with Crippen LogP contribution in [0.4, 0.5) is 4.39 Å². The Labute approximate surface area is 107 Å². The first-order valence-corrected chi connectivity index (χ1v) is 6.20. The van der Waals surface area contributed by atoms with E-state index in [1.807, 2.05) is 30.3 Å². The SMILES string of the molecule is CCOC(=O)C(CN)(CCCF)c1ccccc1. The number of esters is 1. The molecule has 1 atom stereocenters. The van der Waals surface area contributed by atoms with Gasteiger partial charge in [0.15, 0.2) is 0 Å². The predicted octanol–water partition coefficient (Wildman–Crippen LogP) is 2.20. The van der Waals surface area contributed by atoms with Gasteiger partial charge in [-0.1, -0.05) is 30.3 Å². The number of hydrogen-bond donors (Lipinski definition) is 1. The van der Waals surface area contributed by atoms with Crippen LogP contribution < -0.4 is 5.73 Å². The minimum Gasteiger partial charge on any atom is -0.465 e. The van der Waals surface area contributed by atoms with E-state index in [-0.39, 0.29) is 12.5 Å². The molecule has 1 aromatic rings. The van der Waals surface area contributed by atoms with Gasteiger partial charge in [-0.15, -0.1) is 0 Å². The fourth-order valence-corrected chi connectivity index (χ4v) is 2.06. The average molecular weight is 253 g/mol. The van der Waals surface area contributed by atoms with Crippen LogP contribution in [0, 0.1) is 0 Å². The van der Waals surface area contributed by atoms with Gasteiger partial charge in [0.25, 0.3) is 0 Å². The molecule has 1 aromatic carbocycles. The van der Waals surface area contributed by atoms with E-state index in [9.17, 15) is 9.18 Å². The smallest absolute Gasteiger partial charge is 0.317 e. The molecule has 1 unspecified atom stereocenters. The van der Waals surface area contributed by atoms with Crippen molar-refractivity contribution in [2.75, 3.05) is 19.8 Å². The lowest BCUT2D eigenvalue weighted by atomic mass is 9.76. The number of carbonyl (C=O) groups excluding carboxylic acids is 1. The number of benzene rings is 1. The highest BCUT2D eigenvalue weighted by Crippen LogP contribution is 2.30. The van der Waals surface area contributed by atoms with E-state index in [0.717, 1.165) is 5.56 Å². The summed E-state index contributed by atoms with van der Waals surface area (Å²) in [6, 6.07) is 9.22. The third-order valence-electron chi connectivity index (χ3n) is 3.08. The Morgan fingerprint density at radius 3 is 2.56 bits per heavy atom. The Bertz CT molecular complexity index is 369. The minimum atomic E-state index is -0.927. The summed E-state index contributed by atoms with van der Waals surface area (Å²) in [6.45, 7) is 1.70. The zero-order valence-corrected chi connectivity index (χ0v) is 10.7. The van der Waals surface area contributed by atoms with Crippen LogP contribution in [0.15, 0.2) is 30.3 Å². The number of hydrogen-bond acceptors (Lipinski definition) is 3. The fraction of sp³-hybridized carbons (Fsp3) is 0.500. The third-order valence-corrected chi connectivity index (χ3v) is 3.08. The van der Waals surface area contributed by atoms with Crippen LogP contribution in [0.2, 0.25) is 0 Å². The second kappa shape index (κ2) is 7.11. The molecule has 0 bridgehead atoms. The molecule has 0 aromatic heterocycles. The molecule has 100 valence electrons. The van der Waals surface area contributed by atoms with Crippen LogP contribution in [0.5, 0.6) is 0 Å². The van der Waals surface area contributed by atoms with Gasteiger partial charge in [-0.25, -0.2) is 0 Å². The lowest BCUT2D eigenvalue weighted by Gasteiger charge is -2.30. The molecular formula is C14H20FNO2. The van der Waals surface area contributed by atoms with E-state index in [1.54, 1.807) is 6.92 Å². The molecule has 0 amide bonds. The summed E-state index contributed by atoms with van der Waals surface area (Å²) >= 11 is 0. The highest BCUT2D eigenvalue weighted by Gasteiger charge is 2.39. The third kappa shape index (κ3) is 3.07. The highest BCUT2D eigenvalue weighted by molar-refractivity contribution is 5.83.